The fourth-order valence-corrected chi connectivity index (χ4v) is 5.05. The Balaban J connectivity index is 1.50. The van der Waals surface area contributed by atoms with Gasteiger partial charge in [0.05, 0.1) is 6.61 Å². The van der Waals surface area contributed by atoms with Crippen molar-refractivity contribution >= 4 is 29.0 Å². The topological polar surface area (TPSA) is 192 Å². The molecule has 2 aromatic rings. The minimum Gasteiger partial charge on any atom is -0.394 e. The normalized spacial score (nSPS) is 21.5. The number of aromatic nitrogens is 4. The first-order valence-electron chi connectivity index (χ1n) is 14.0. The van der Waals surface area contributed by atoms with Crippen LogP contribution in [0.3, 0.4) is 0 Å². The predicted octanol–water partition coefficient (Wildman–Crippen LogP) is 2.49. The fourth-order valence-electron chi connectivity index (χ4n) is 5.05. The van der Waals surface area contributed by atoms with Crippen LogP contribution in [0.15, 0.2) is 4.79 Å². The summed E-state index contributed by atoms with van der Waals surface area (Å²) in [4.78, 5) is 34.1. The predicted molar refractivity (Wildman–Crippen MR) is 145 cm³/mol. The first kappa shape index (κ1) is 30.0. The highest BCUT2D eigenvalue weighted by Gasteiger charge is 2.45. The first-order chi connectivity index (χ1) is 18.3. The summed E-state index contributed by atoms with van der Waals surface area (Å²) in [7, 11) is 0. The number of rotatable bonds is 16. The Labute approximate surface area is 223 Å². The summed E-state index contributed by atoms with van der Waals surface area (Å²) in [5.41, 5.74) is 10.9. The van der Waals surface area contributed by atoms with Gasteiger partial charge in [-0.3, -0.25) is 14.2 Å². The zero-order chi connectivity index (χ0) is 27.7. The average Bonchev–Trinajstić information content (AvgIpc) is 3.36. The SMILES string of the molecule is CCCCCCCCCCCCCCCC(=O)n1c(N)nc2c(nc(N)n2[C@@H]2O[C@H](CO)[C@@H](O)[C@H]2O)c1=O. The number of imidazole rings is 1. The molecule has 1 saturated heterocycles. The van der Waals surface area contributed by atoms with E-state index in [1.165, 1.54) is 57.8 Å². The summed E-state index contributed by atoms with van der Waals surface area (Å²) in [6.07, 6.45) is 10.5. The molecule has 0 saturated carbocycles. The molecule has 2 aromatic heterocycles. The van der Waals surface area contributed by atoms with E-state index in [-0.39, 0.29) is 29.5 Å². The second kappa shape index (κ2) is 14.6. The van der Waals surface area contributed by atoms with Gasteiger partial charge in [0.2, 0.25) is 17.8 Å². The molecule has 0 bridgehead atoms. The Bertz CT molecular complexity index is 1100. The van der Waals surface area contributed by atoms with Gasteiger partial charge in [0.25, 0.3) is 5.56 Å². The maximum Gasteiger partial charge on any atom is 0.290 e. The van der Waals surface area contributed by atoms with Crippen molar-refractivity contribution in [2.75, 3.05) is 18.1 Å². The zero-order valence-corrected chi connectivity index (χ0v) is 22.4. The van der Waals surface area contributed by atoms with Crippen molar-refractivity contribution in [3.05, 3.63) is 10.4 Å². The van der Waals surface area contributed by atoms with Crippen LogP contribution in [0.1, 0.15) is 108 Å². The zero-order valence-electron chi connectivity index (χ0n) is 22.4. The summed E-state index contributed by atoms with van der Waals surface area (Å²) in [6.45, 7) is 1.70. The molecule has 1 aliphatic rings. The van der Waals surface area contributed by atoms with Crippen LogP contribution in [0.5, 0.6) is 0 Å². The molecule has 7 N–H and O–H groups in total. The van der Waals surface area contributed by atoms with Gasteiger partial charge in [0, 0.05) is 6.42 Å². The maximum atomic E-state index is 13.1. The second-order valence-corrected chi connectivity index (χ2v) is 10.2. The van der Waals surface area contributed by atoms with Crippen LogP contribution in [0.2, 0.25) is 0 Å². The molecule has 0 unspecified atom stereocenters. The van der Waals surface area contributed by atoms with Crippen molar-refractivity contribution in [3.8, 4) is 0 Å². The molecule has 3 rings (SSSR count). The molecule has 12 nitrogen and oxygen atoms in total. The number of aliphatic hydroxyl groups excluding tert-OH is 3. The molecule has 12 heteroatoms. The van der Waals surface area contributed by atoms with E-state index in [9.17, 15) is 24.9 Å². The molecular formula is C26H44N6O6. The van der Waals surface area contributed by atoms with Crippen molar-refractivity contribution < 1.29 is 24.9 Å². The average molecular weight is 537 g/mol. The number of nitrogen functional groups attached to an aromatic ring is 2. The molecule has 214 valence electrons. The van der Waals surface area contributed by atoms with Crippen molar-refractivity contribution in [2.24, 2.45) is 0 Å². The molecule has 1 fully saturated rings. The van der Waals surface area contributed by atoms with E-state index in [2.05, 4.69) is 16.9 Å². The van der Waals surface area contributed by atoms with Gasteiger partial charge in [-0.1, -0.05) is 84.0 Å². The quantitative estimate of drug-likeness (QED) is 0.199. The molecule has 0 aromatic carbocycles. The number of fused-ring (bicyclic) bond motifs is 1. The Kier molecular flexibility index (Phi) is 11.5. The lowest BCUT2D eigenvalue weighted by atomic mass is 10.0. The number of ether oxygens (including phenoxy) is 1. The number of hydrogen-bond acceptors (Lipinski definition) is 10. The minimum absolute atomic E-state index is 0.0788. The van der Waals surface area contributed by atoms with Crippen LogP contribution in [0.25, 0.3) is 11.2 Å². The Hall–Kier alpha value is -2.54. The van der Waals surface area contributed by atoms with Gasteiger partial charge in [-0.15, -0.1) is 0 Å². The molecule has 4 atom stereocenters. The monoisotopic (exact) mass is 536 g/mol. The number of unbranched alkanes of at least 4 members (excludes halogenated alkanes) is 12. The molecule has 1 aliphatic heterocycles. The summed E-state index contributed by atoms with van der Waals surface area (Å²) >= 11 is 0. The van der Waals surface area contributed by atoms with Gasteiger partial charge in [-0.2, -0.15) is 4.98 Å². The van der Waals surface area contributed by atoms with E-state index in [1.807, 2.05) is 0 Å². The van der Waals surface area contributed by atoms with Crippen LogP contribution in [0, 0.1) is 0 Å². The lowest BCUT2D eigenvalue weighted by Gasteiger charge is -2.18. The molecule has 3 heterocycles. The van der Waals surface area contributed by atoms with Crippen LogP contribution in [0.4, 0.5) is 11.9 Å². The largest absolute Gasteiger partial charge is 0.394 e. The van der Waals surface area contributed by atoms with Crippen LogP contribution in [-0.2, 0) is 4.74 Å². The first-order valence-corrected chi connectivity index (χ1v) is 14.0. The number of carbonyl (C=O) groups excluding carboxylic acids is 1. The minimum atomic E-state index is -1.45. The van der Waals surface area contributed by atoms with E-state index in [0.717, 1.165) is 28.4 Å². The van der Waals surface area contributed by atoms with Crippen molar-refractivity contribution in [1.29, 1.82) is 0 Å². The van der Waals surface area contributed by atoms with Gasteiger partial charge in [0.15, 0.2) is 17.4 Å². The number of nitrogens with zero attached hydrogens (tertiary/aromatic N) is 4. The van der Waals surface area contributed by atoms with E-state index in [4.69, 9.17) is 16.2 Å². The van der Waals surface area contributed by atoms with Gasteiger partial charge in [-0.25, -0.2) is 9.55 Å². The third-order valence-electron chi connectivity index (χ3n) is 7.28. The van der Waals surface area contributed by atoms with E-state index >= 15 is 0 Å². The number of aliphatic hydroxyl groups is 3. The maximum absolute atomic E-state index is 13.1. The van der Waals surface area contributed by atoms with Gasteiger partial charge < -0.3 is 31.5 Å². The van der Waals surface area contributed by atoms with Crippen LogP contribution < -0.4 is 17.0 Å². The summed E-state index contributed by atoms with van der Waals surface area (Å²) in [6, 6.07) is 0. The molecule has 38 heavy (non-hydrogen) atoms. The van der Waals surface area contributed by atoms with E-state index < -0.39 is 42.6 Å². The standard InChI is InChI=1S/C26H44N6O6/c1-2-3-4-5-6-7-8-9-10-11-12-13-14-15-18(34)31-23(37)19-22(30-26(31)28)32(25(27)29-19)24-21(36)20(35)17(16-33)38-24/h17,20-21,24,33,35-36H,2-16H2,1H3,(H2,27,29)(H2,28,30)/t17-,20-,21-,24-/m1/s1. The van der Waals surface area contributed by atoms with E-state index in [1.54, 1.807) is 0 Å². The number of carbonyl (C=O) groups is 1. The highest BCUT2D eigenvalue weighted by Crippen LogP contribution is 2.33. The molecular weight excluding hydrogens is 492 g/mol. The Morgan fingerprint density at radius 2 is 1.42 bits per heavy atom. The summed E-state index contributed by atoms with van der Waals surface area (Å²) < 4.78 is 7.43. The molecule has 0 radical (unpaired) electrons. The molecule has 0 spiro atoms. The summed E-state index contributed by atoms with van der Waals surface area (Å²) in [5.74, 6) is -0.998. The number of hydrogen-bond donors (Lipinski definition) is 5. The van der Waals surface area contributed by atoms with Crippen molar-refractivity contribution in [3.63, 3.8) is 0 Å². The van der Waals surface area contributed by atoms with Crippen molar-refractivity contribution in [2.45, 2.75) is 121 Å². The number of anilines is 2. The van der Waals surface area contributed by atoms with Gasteiger partial charge in [0.1, 0.15) is 18.3 Å². The lowest BCUT2D eigenvalue weighted by Crippen LogP contribution is -2.33. The summed E-state index contributed by atoms with van der Waals surface area (Å²) in [5, 5.41) is 29.8. The van der Waals surface area contributed by atoms with Gasteiger partial charge >= 0.3 is 0 Å². The number of nitrogens with two attached hydrogens (primary N) is 2. The van der Waals surface area contributed by atoms with Crippen molar-refractivity contribution in [1.82, 2.24) is 19.1 Å². The second-order valence-electron chi connectivity index (χ2n) is 10.2. The smallest absolute Gasteiger partial charge is 0.290 e. The third-order valence-corrected chi connectivity index (χ3v) is 7.28. The highest BCUT2D eigenvalue weighted by atomic mass is 16.6. The highest BCUT2D eigenvalue weighted by molar-refractivity contribution is 5.85. The molecule has 0 amide bonds. The Morgan fingerprint density at radius 3 is 1.95 bits per heavy atom. The lowest BCUT2D eigenvalue weighted by molar-refractivity contribution is -0.0500. The fraction of sp³-hybridized carbons (Fsp3) is 0.769. The Morgan fingerprint density at radius 1 is 0.868 bits per heavy atom. The van der Waals surface area contributed by atoms with E-state index in [0.29, 0.717) is 6.42 Å². The van der Waals surface area contributed by atoms with Crippen LogP contribution >= 0.6 is 0 Å². The van der Waals surface area contributed by atoms with Crippen LogP contribution in [-0.4, -0.2) is 65.2 Å². The molecule has 0 aliphatic carbocycles. The third kappa shape index (κ3) is 7.10. The van der Waals surface area contributed by atoms with Gasteiger partial charge in [-0.05, 0) is 6.42 Å².